The molecule has 0 heterocycles. The molecule has 5 nitrogen and oxygen atoms in total. The third kappa shape index (κ3) is 3.86. The van der Waals surface area contributed by atoms with E-state index >= 15 is 0 Å². The molecular weight excluding hydrogens is 247 g/mol. The molecule has 19 heavy (non-hydrogen) atoms. The molecule has 106 valence electrons. The summed E-state index contributed by atoms with van der Waals surface area (Å²) in [5.41, 5.74) is 0.856. The number of rotatable bonds is 5. The zero-order valence-corrected chi connectivity index (χ0v) is 12.1. The van der Waals surface area contributed by atoms with Crippen molar-refractivity contribution in [2.45, 2.75) is 26.2 Å². The lowest BCUT2D eigenvalue weighted by Crippen LogP contribution is -2.34. The van der Waals surface area contributed by atoms with Crippen LogP contribution in [0, 0.1) is 0 Å². The average molecular weight is 268 g/mol. The molecule has 0 unspecified atom stereocenters. The fourth-order valence-electron chi connectivity index (χ4n) is 1.77. The maximum atomic E-state index is 9.49. The van der Waals surface area contributed by atoms with Gasteiger partial charge in [0.25, 0.3) is 0 Å². The Morgan fingerprint density at radius 3 is 2.21 bits per heavy atom. The number of ether oxygens (including phenoxy) is 3. The second-order valence-corrected chi connectivity index (χ2v) is 5.27. The van der Waals surface area contributed by atoms with Crippen molar-refractivity contribution in [1.82, 2.24) is 0 Å². The summed E-state index contributed by atoms with van der Waals surface area (Å²) in [5, 5.41) is 19.0. The molecule has 0 saturated carbocycles. The van der Waals surface area contributed by atoms with Gasteiger partial charge in [0.05, 0.1) is 7.11 Å². The standard InChI is InChI=1S/C13H21BO5/c1-13(2,3)10-6-9(18-5)7-11(14(15)16)12(10)19-8-17-4/h6-7,15-16H,8H2,1-5H3. The van der Waals surface area contributed by atoms with Crippen LogP contribution in [0.15, 0.2) is 12.1 Å². The number of methoxy groups -OCH3 is 2. The van der Waals surface area contributed by atoms with Crippen LogP contribution < -0.4 is 14.9 Å². The Kier molecular flexibility index (Phi) is 5.23. The maximum Gasteiger partial charge on any atom is 0.492 e. The molecule has 0 bridgehead atoms. The zero-order valence-electron chi connectivity index (χ0n) is 12.1. The molecule has 0 fully saturated rings. The summed E-state index contributed by atoms with van der Waals surface area (Å²) >= 11 is 0. The van der Waals surface area contributed by atoms with Crippen molar-refractivity contribution in [3.8, 4) is 11.5 Å². The van der Waals surface area contributed by atoms with E-state index in [9.17, 15) is 10.0 Å². The van der Waals surface area contributed by atoms with E-state index in [2.05, 4.69) is 0 Å². The molecule has 0 aliphatic rings. The van der Waals surface area contributed by atoms with Crippen LogP contribution in [-0.4, -0.2) is 38.2 Å². The van der Waals surface area contributed by atoms with Crippen molar-refractivity contribution in [3.05, 3.63) is 17.7 Å². The van der Waals surface area contributed by atoms with E-state index in [-0.39, 0.29) is 17.7 Å². The first-order chi connectivity index (χ1) is 8.81. The van der Waals surface area contributed by atoms with E-state index < -0.39 is 7.12 Å². The Bertz CT molecular complexity index is 426. The van der Waals surface area contributed by atoms with Crippen LogP contribution in [0.25, 0.3) is 0 Å². The predicted octanol–water partition coefficient (Wildman–Crippen LogP) is 0.655. The quantitative estimate of drug-likeness (QED) is 0.606. The van der Waals surface area contributed by atoms with E-state index in [4.69, 9.17) is 14.2 Å². The summed E-state index contributed by atoms with van der Waals surface area (Å²) < 4.78 is 15.6. The van der Waals surface area contributed by atoms with E-state index in [1.165, 1.54) is 14.2 Å². The van der Waals surface area contributed by atoms with Gasteiger partial charge in [-0.3, -0.25) is 0 Å². The van der Waals surface area contributed by atoms with Crippen LogP contribution in [-0.2, 0) is 10.2 Å². The largest absolute Gasteiger partial charge is 0.497 e. The average Bonchev–Trinajstić information content (AvgIpc) is 2.34. The Hall–Kier alpha value is -1.24. The summed E-state index contributed by atoms with van der Waals surface area (Å²) in [4.78, 5) is 0. The van der Waals surface area contributed by atoms with Gasteiger partial charge in [0.2, 0.25) is 0 Å². The van der Waals surface area contributed by atoms with Crippen LogP contribution in [0.1, 0.15) is 26.3 Å². The minimum Gasteiger partial charge on any atom is -0.497 e. The van der Waals surface area contributed by atoms with Crippen molar-refractivity contribution >= 4 is 12.6 Å². The molecule has 0 aliphatic carbocycles. The molecule has 2 N–H and O–H groups in total. The first kappa shape index (κ1) is 15.8. The number of benzene rings is 1. The molecule has 1 rings (SSSR count). The normalized spacial score (nSPS) is 11.3. The third-order valence-corrected chi connectivity index (χ3v) is 2.73. The van der Waals surface area contributed by atoms with Crippen LogP contribution in [0.3, 0.4) is 0 Å². The molecule has 6 heteroatoms. The SMILES string of the molecule is COCOc1c(B(O)O)cc(OC)cc1C(C)(C)C. The summed E-state index contributed by atoms with van der Waals surface area (Å²) in [5.74, 6) is 0.975. The Morgan fingerprint density at radius 1 is 1.16 bits per heavy atom. The van der Waals surface area contributed by atoms with Crippen molar-refractivity contribution in [3.63, 3.8) is 0 Å². The summed E-state index contributed by atoms with van der Waals surface area (Å²) in [6, 6.07) is 3.38. The maximum absolute atomic E-state index is 9.49. The second-order valence-electron chi connectivity index (χ2n) is 5.27. The summed E-state index contributed by atoms with van der Waals surface area (Å²) in [6.07, 6.45) is 0. The van der Waals surface area contributed by atoms with Gasteiger partial charge >= 0.3 is 7.12 Å². The minimum absolute atomic E-state index is 0.0368. The Labute approximate surface area is 114 Å². The van der Waals surface area contributed by atoms with Gasteiger partial charge < -0.3 is 24.3 Å². The highest BCUT2D eigenvalue weighted by Gasteiger charge is 2.27. The molecule has 0 aromatic heterocycles. The predicted molar refractivity (Wildman–Crippen MR) is 74.0 cm³/mol. The monoisotopic (exact) mass is 268 g/mol. The smallest absolute Gasteiger partial charge is 0.492 e. The van der Waals surface area contributed by atoms with Crippen LogP contribution >= 0.6 is 0 Å². The van der Waals surface area contributed by atoms with Crippen molar-refractivity contribution in [2.75, 3.05) is 21.0 Å². The molecule has 1 aromatic carbocycles. The van der Waals surface area contributed by atoms with Crippen molar-refractivity contribution < 1.29 is 24.3 Å². The summed E-state index contributed by atoms with van der Waals surface area (Å²) in [7, 11) is 1.41. The fraction of sp³-hybridized carbons (Fsp3) is 0.538. The lowest BCUT2D eigenvalue weighted by Gasteiger charge is -2.25. The lowest BCUT2D eigenvalue weighted by atomic mass is 9.74. The number of hydrogen-bond donors (Lipinski definition) is 2. The van der Waals surface area contributed by atoms with Gasteiger partial charge in [-0.15, -0.1) is 0 Å². The van der Waals surface area contributed by atoms with Gasteiger partial charge in [0.1, 0.15) is 11.5 Å². The Morgan fingerprint density at radius 2 is 1.79 bits per heavy atom. The van der Waals surface area contributed by atoms with E-state index in [1.54, 1.807) is 6.07 Å². The molecule has 1 aromatic rings. The molecular formula is C13H21BO5. The first-order valence-electron chi connectivity index (χ1n) is 6.01. The van der Waals surface area contributed by atoms with Gasteiger partial charge in [0, 0.05) is 18.1 Å². The van der Waals surface area contributed by atoms with Gasteiger partial charge in [0.15, 0.2) is 6.79 Å². The highest BCUT2D eigenvalue weighted by molar-refractivity contribution is 6.59. The molecule has 0 atom stereocenters. The third-order valence-electron chi connectivity index (χ3n) is 2.73. The van der Waals surface area contributed by atoms with Gasteiger partial charge in [-0.25, -0.2) is 0 Å². The highest BCUT2D eigenvalue weighted by Crippen LogP contribution is 2.33. The number of hydrogen-bond acceptors (Lipinski definition) is 5. The zero-order chi connectivity index (χ0) is 14.6. The Balaban J connectivity index is 3.42. The molecule has 0 amide bonds. The molecule has 0 spiro atoms. The van der Waals surface area contributed by atoms with E-state index in [1.807, 2.05) is 26.8 Å². The highest BCUT2D eigenvalue weighted by atomic mass is 16.7. The second kappa shape index (κ2) is 6.28. The lowest BCUT2D eigenvalue weighted by molar-refractivity contribution is 0.0504. The van der Waals surface area contributed by atoms with Crippen molar-refractivity contribution in [1.29, 1.82) is 0 Å². The van der Waals surface area contributed by atoms with Crippen LogP contribution in [0.5, 0.6) is 11.5 Å². The fourth-order valence-corrected chi connectivity index (χ4v) is 1.77. The van der Waals surface area contributed by atoms with E-state index in [0.717, 1.165) is 5.56 Å². The topological polar surface area (TPSA) is 68.2 Å². The minimum atomic E-state index is -1.64. The molecule has 0 aliphatic heterocycles. The van der Waals surface area contributed by atoms with Crippen molar-refractivity contribution in [2.24, 2.45) is 0 Å². The van der Waals surface area contributed by atoms with E-state index in [0.29, 0.717) is 11.5 Å². The van der Waals surface area contributed by atoms with Gasteiger partial charge in [-0.1, -0.05) is 20.8 Å². The van der Waals surface area contributed by atoms with Gasteiger partial charge in [-0.05, 0) is 17.5 Å². The first-order valence-corrected chi connectivity index (χ1v) is 6.01. The molecule has 0 radical (unpaired) electrons. The molecule has 0 saturated heterocycles. The van der Waals surface area contributed by atoms with Crippen LogP contribution in [0.4, 0.5) is 0 Å². The van der Waals surface area contributed by atoms with Gasteiger partial charge in [-0.2, -0.15) is 0 Å². The summed E-state index contributed by atoms with van der Waals surface area (Å²) in [6.45, 7) is 6.06. The van der Waals surface area contributed by atoms with Crippen LogP contribution in [0.2, 0.25) is 0 Å².